The van der Waals surface area contributed by atoms with Crippen LogP contribution in [0.3, 0.4) is 0 Å². The number of halogens is 2. The number of rotatable bonds is 5. The normalized spacial score (nSPS) is 11.0. The summed E-state index contributed by atoms with van der Waals surface area (Å²) in [5, 5.41) is 10.6. The van der Waals surface area contributed by atoms with Crippen molar-refractivity contribution in [3.63, 3.8) is 0 Å². The minimum Gasteiger partial charge on any atom is -0.506 e. The number of hydrogen-bond acceptors (Lipinski definition) is 7. The molecule has 1 N–H and O–H groups in total. The summed E-state index contributed by atoms with van der Waals surface area (Å²) < 4.78 is 9.77. The van der Waals surface area contributed by atoms with Crippen molar-refractivity contribution in [2.24, 2.45) is 4.99 Å². The quantitative estimate of drug-likeness (QED) is 0.560. The van der Waals surface area contributed by atoms with Crippen molar-refractivity contribution in [2.45, 2.75) is 13.8 Å². The molecule has 0 aliphatic carbocycles. The van der Waals surface area contributed by atoms with Gasteiger partial charge >= 0.3 is 11.9 Å². The van der Waals surface area contributed by atoms with E-state index < -0.39 is 11.9 Å². The largest absolute Gasteiger partial charge is 0.506 e. The molecule has 1 aromatic carbocycles. The number of aromatic hydroxyl groups is 1. The van der Waals surface area contributed by atoms with Gasteiger partial charge in [-0.3, -0.25) is 0 Å². The summed E-state index contributed by atoms with van der Waals surface area (Å²) in [4.78, 5) is 28.6. The fourth-order valence-corrected chi connectivity index (χ4v) is 3.70. The van der Waals surface area contributed by atoms with Gasteiger partial charge in [-0.25, -0.2) is 14.6 Å². The molecule has 0 fully saturated rings. The first kappa shape index (κ1) is 20.2. The first-order valence-corrected chi connectivity index (χ1v) is 8.98. The van der Waals surface area contributed by atoms with E-state index >= 15 is 0 Å². The molecule has 2 rings (SSSR count). The molecule has 6 nitrogen and oxygen atoms in total. The molecular formula is C17H15Cl2NO5S. The number of carbonyl (C=O) groups excluding carboxylic acids is 2. The number of esters is 2. The molecule has 0 spiro atoms. The van der Waals surface area contributed by atoms with Gasteiger partial charge in [0.25, 0.3) is 0 Å². The van der Waals surface area contributed by atoms with Crippen molar-refractivity contribution in [2.75, 3.05) is 13.7 Å². The number of thiophene rings is 1. The van der Waals surface area contributed by atoms with Crippen LogP contribution in [0.5, 0.6) is 5.75 Å². The van der Waals surface area contributed by atoms with Crippen LogP contribution < -0.4 is 0 Å². The first-order valence-electron chi connectivity index (χ1n) is 7.41. The van der Waals surface area contributed by atoms with Crippen LogP contribution in [0.4, 0.5) is 5.00 Å². The molecule has 0 aliphatic rings. The van der Waals surface area contributed by atoms with Crippen LogP contribution in [0.2, 0.25) is 10.0 Å². The molecule has 138 valence electrons. The monoisotopic (exact) mass is 415 g/mol. The van der Waals surface area contributed by atoms with Crippen LogP contribution >= 0.6 is 34.5 Å². The Labute approximate surface area is 164 Å². The van der Waals surface area contributed by atoms with Gasteiger partial charge in [0.15, 0.2) is 0 Å². The van der Waals surface area contributed by atoms with Gasteiger partial charge < -0.3 is 14.6 Å². The van der Waals surface area contributed by atoms with Gasteiger partial charge in [-0.2, -0.15) is 0 Å². The fourth-order valence-electron chi connectivity index (χ4n) is 2.13. The van der Waals surface area contributed by atoms with Crippen molar-refractivity contribution in [3.8, 4) is 5.75 Å². The number of benzene rings is 1. The van der Waals surface area contributed by atoms with E-state index in [1.165, 1.54) is 25.5 Å². The molecule has 0 saturated carbocycles. The van der Waals surface area contributed by atoms with E-state index in [2.05, 4.69) is 4.99 Å². The third kappa shape index (κ3) is 4.17. The van der Waals surface area contributed by atoms with Gasteiger partial charge in [0.1, 0.15) is 21.2 Å². The van der Waals surface area contributed by atoms with Gasteiger partial charge in [0.2, 0.25) is 0 Å². The average Bonchev–Trinajstić information content (AvgIpc) is 2.92. The van der Waals surface area contributed by atoms with E-state index in [9.17, 15) is 14.7 Å². The molecule has 2 aromatic rings. The Morgan fingerprint density at radius 3 is 2.62 bits per heavy atom. The summed E-state index contributed by atoms with van der Waals surface area (Å²) in [7, 11) is 1.25. The Morgan fingerprint density at radius 2 is 2.00 bits per heavy atom. The van der Waals surface area contributed by atoms with Crippen LogP contribution in [0.15, 0.2) is 17.1 Å². The SMILES string of the molecule is CCOC(=O)c1c(N=Cc2cc(Cl)cc(Cl)c2O)sc(C(=O)OC)c1C. The lowest BCUT2D eigenvalue weighted by atomic mass is 10.1. The van der Waals surface area contributed by atoms with E-state index in [-0.39, 0.29) is 38.4 Å². The highest BCUT2D eigenvalue weighted by Crippen LogP contribution is 2.37. The number of phenolic OH excluding ortho intramolecular Hbond substituents is 1. The standard InChI is InChI=1S/C17H15Cl2NO5S/c1-4-25-16(22)12-8(2)14(17(23)24-3)26-15(12)20-7-9-5-10(18)6-11(19)13(9)21/h5-7,21H,4H2,1-3H3. The Hall–Kier alpha value is -2.09. The van der Waals surface area contributed by atoms with E-state index in [1.54, 1.807) is 13.8 Å². The van der Waals surface area contributed by atoms with Crippen molar-refractivity contribution in [1.29, 1.82) is 0 Å². The van der Waals surface area contributed by atoms with Gasteiger partial charge in [0, 0.05) is 16.8 Å². The van der Waals surface area contributed by atoms with Gasteiger partial charge in [-0.15, -0.1) is 11.3 Å². The van der Waals surface area contributed by atoms with Crippen LogP contribution in [0, 0.1) is 6.92 Å². The van der Waals surface area contributed by atoms with Crippen LogP contribution in [-0.2, 0) is 9.47 Å². The molecule has 0 amide bonds. The highest BCUT2D eigenvalue weighted by molar-refractivity contribution is 7.18. The molecule has 0 bridgehead atoms. The summed E-state index contributed by atoms with van der Waals surface area (Å²) in [6.07, 6.45) is 1.31. The topological polar surface area (TPSA) is 85.2 Å². The van der Waals surface area contributed by atoms with E-state index in [0.29, 0.717) is 10.6 Å². The number of methoxy groups -OCH3 is 1. The molecule has 26 heavy (non-hydrogen) atoms. The minimum atomic E-state index is -0.600. The zero-order valence-corrected chi connectivity index (χ0v) is 16.5. The Bertz CT molecular complexity index is 892. The number of aliphatic imine (C=N–C) groups is 1. The molecule has 0 saturated heterocycles. The molecule has 1 heterocycles. The van der Waals surface area contributed by atoms with Gasteiger partial charge in [-0.1, -0.05) is 23.2 Å². The number of ether oxygens (including phenoxy) is 2. The van der Waals surface area contributed by atoms with Crippen molar-refractivity contribution in [1.82, 2.24) is 0 Å². The summed E-state index contributed by atoms with van der Waals surface area (Å²) in [6, 6.07) is 2.86. The maximum Gasteiger partial charge on any atom is 0.348 e. The molecular weight excluding hydrogens is 401 g/mol. The zero-order valence-electron chi connectivity index (χ0n) is 14.1. The lowest BCUT2D eigenvalue weighted by Gasteiger charge is -2.04. The van der Waals surface area contributed by atoms with E-state index in [4.69, 9.17) is 32.7 Å². The summed E-state index contributed by atoms with van der Waals surface area (Å²) in [5.74, 6) is -1.37. The number of carbonyl (C=O) groups is 2. The summed E-state index contributed by atoms with van der Waals surface area (Å²) in [5.41, 5.74) is 0.852. The van der Waals surface area contributed by atoms with E-state index in [0.717, 1.165) is 11.3 Å². The van der Waals surface area contributed by atoms with Gasteiger partial charge in [0.05, 0.1) is 18.7 Å². The molecule has 0 aliphatic heterocycles. The molecule has 0 unspecified atom stereocenters. The van der Waals surface area contributed by atoms with Crippen LogP contribution in [0.1, 0.15) is 38.1 Å². The Kier molecular flexibility index (Phi) is 6.63. The lowest BCUT2D eigenvalue weighted by molar-refractivity contribution is 0.0527. The van der Waals surface area contributed by atoms with E-state index in [1.807, 2.05) is 0 Å². The third-order valence-electron chi connectivity index (χ3n) is 3.36. The number of hydrogen-bond donors (Lipinski definition) is 1. The minimum absolute atomic E-state index is 0.0715. The first-order chi connectivity index (χ1) is 12.3. The number of phenols is 1. The fraction of sp³-hybridized carbons (Fsp3) is 0.235. The zero-order chi connectivity index (χ0) is 19.4. The molecule has 0 atom stereocenters. The highest BCUT2D eigenvalue weighted by Gasteiger charge is 2.25. The summed E-state index contributed by atoms with van der Waals surface area (Å²) in [6.45, 7) is 3.47. The predicted octanol–water partition coefficient (Wildman–Crippen LogP) is 4.78. The number of nitrogens with zero attached hydrogens (tertiary/aromatic N) is 1. The predicted molar refractivity (Wildman–Crippen MR) is 102 cm³/mol. The molecule has 9 heteroatoms. The maximum absolute atomic E-state index is 12.3. The maximum atomic E-state index is 12.3. The van der Waals surface area contributed by atoms with Gasteiger partial charge in [-0.05, 0) is 31.5 Å². The van der Waals surface area contributed by atoms with Crippen molar-refractivity contribution < 1.29 is 24.2 Å². The second-order valence-electron chi connectivity index (χ2n) is 5.03. The second-order valence-corrected chi connectivity index (χ2v) is 6.87. The van der Waals surface area contributed by atoms with Crippen LogP contribution in [0.25, 0.3) is 0 Å². The van der Waals surface area contributed by atoms with Crippen molar-refractivity contribution in [3.05, 3.63) is 43.7 Å². The highest BCUT2D eigenvalue weighted by atomic mass is 35.5. The molecule has 1 aromatic heterocycles. The van der Waals surface area contributed by atoms with Crippen LogP contribution in [-0.4, -0.2) is 37.0 Å². The second kappa shape index (κ2) is 8.53. The third-order valence-corrected chi connectivity index (χ3v) is 5.04. The summed E-state index contributed by atoms with van der Waals surface area (Å²) >= 11 is 12.8. The average molecular weight is 416 g/mol. The van der Waals surface area contributed by atoms with Crippen molar-refractivity contribution >= 4 is 57.7 Å². The Balaban J connectivity index is 2.54. The lowest BCUT2D eigenvalue weighted by Crippen LogP contribution is -2.07. The molecule has 0 radical (unpaired) electrons. The smallest absolute Gasteiger partial charge is 0.348 e. The Morgan fingerprint density at radius 1 is 1.31 bits per heavy atom.